The van der Waals surface area contributed by atoms with E-state index in [4.69, 9.17) is 35.2 Å². The maximum atomic E-state index is 6.77. The van der Waals surface area contributed by atoms with Gasteiger partial charge in [0, 0.05) is 16.7 Å². The molecule has 0 radical (unpaired) electrons. The molecule has 10 heteroatoms. The number of aromatic nitrogens is 3. The van der Waals surface area contributed by atoms with E-state index >= 15 is 0 Å². The van der Waals surface area contributed by atoms with Crippen molar-refractivity contribution in [1.29, 1.82) is 0 Å². The smallest absolute Gasteiger partial charge is 0.225 e. The minimum Gasteiger partial charge on any atom is -0.493 e. The van der Waals surface area contributed by atoms with Crippen LogP contribution in [0, 0.1) is 0 Å². The summed E-state index contributed by atoms with van der Waals surface area (Å²) in [5, 5.41) is 0. The second kappa shape index (κ2) is 43.5. The van der Waals surface area contributed by atoms with Crippen LogP contribution < -0.4 is 35.2 Å². The summed E-state index contributed by atoms with van der Waals surface area (Å²) in [5.74, 6) is 4.51. The molecule has 0 aliphatic rings. The number of nitrogens with two attached hydrogens (primary N) is 2. The Bertz CT molecular complexity index is 2160. The number of ether oxygens (including phenoxy) is 5. The quantitative estimate of drug-likeness (QED) is 0.0325. The molecule has 4 rings (SSSR count). The number of hydrogen-bond donors (Lipinski definition) is 2. The normalized spacial score (nSPS) is 11.6. The van der Waals surface area contributed by atoms with Crippen molar-refractivity contribution >= 4 is 36.2 Å². The third-order valence-electron chi connectivity index (χ3n) is 14.7. The molecule has 1 aromatic heterocycles. The number of benzene rings is 3. The lowest BCUT2D eigenvalue weighted by atomic mass is 10.0. The van der Waals surface area contributed by atoms with Crippen molar-refractivity contribution in [2.75, 3.05) is 44.5 Å². The second-order valence-corrected chi connectivity index (χ2v) is 21.9. The van der Waals surface area contributed by atoms with Gasteiger partial charge < -0.3 is 35.2 Å². The first kappa shape index (κ1) is 66.3. The van der Waals surface area contributed by atoms with Gasteiger partial charge in [-0.2, -0.15) is 15.0 Å². The van der Waals surface area contributed by atoms with Crippen LogP contribution in [0.25, 0.3) is 35.7 Å². The molecule has 0 unspecified atom stereocenters. The van der Waals surface area contributed by atoms with Crippen molar-refractivity contribution in [1.82, 2.24) is 15.0 Å². The first-order chi connectivity index (χ1) is 38.9. The Morgan fingerprint density at radius 3 is 1.01 bits per heavy atom. The molecule has 0 atom stereocenters. The summed E-state index contributed by atoms with van der Waals surface area (Å²) in [6, 6.07) is 16.5. The Morgan fingerprint density at radius 1 is 0.316 bits per heavy atom. The van der Waals surface area contributed by atoms with Crippen LogP contribution in [0.4, 0.5) is 11.9 Å². The highest BCUT2D eigenvalue weighted by Gasteiger charge is 2.17. The summed E-state index contributed by atoms with van der Waals surface area (Å²) >= 11 is 0. The molecule has 0 fully saturated rings. The highest BCUT2D eigenvalue weighted by atomic mass is 16.5. The number of hydrogen-bond acceptors (Lipinski definition) is 10. The average molecular weight is 1090 g/mol. The monoisotopic (exact) mass is 1090 g/mol. The summed E-state index contributed by atoms with van der Waals surface area (Å²) in [4.78, 5) is 12.4. The molecular formula is C69H109N5O5. The number of rotatable bonds is 49. The summed E-state index contributed by atoms with van der Waals surface area (Å²) in [5.41, 5.74) is 16.4. The van der Waals surface area contributed by atoms with E-state index in [0.717, 1.165) is 102 Å². The summed E-state index contributed by atoms with van der Waals surface area (Å²) in [7, 11) is 0. The van der Waals surface area contributed by atoms with E-state index in [2.05, 4.69) is 98.1 Å². The second-order valence-electron chi connectivity index (χ2n) is 21.9. The van der Waals surface area contributed by atoms with Crippen molar-refractivity contribution in [3.63, 3.8) is 0 Å². The molecule has 79 heavy (non-hydrogen) atoms. The Labute approximate surface area is 481 Å². The van der Waals surface area contributed by atoms with E-state index in [0.29, 0.717) is 38.9 Å². The predicted octanol–water partition coefficient (Wildman–Crippen LogP) is 20.3. The highest BCUT2D eigenvalue weighted by molar-refractivity contribution is 5.80. The molecule has 1 heterocycles. The van der Waals surface area contributed by atoms with E-state index in [1.54, 1.807) is 0 Å². The van der Waals surface area contributed by atoms with E-state index in [9.17, 15) is 0 Å². The lowest BCUT2D eigenvalue weighted by molar-refractivity contribution is 0.234. The molecule has 10 nitrogen and oxygen atoms in total. The molecule has 440 valence electrons. The fraction of sp³-hybridized carbons (Fsp3) is 0.638. The number of nitrogens with zero attached hydrogens (tertiary/aromatic N) is 3. The molecule has 0 saturated heterocycles. The lowest BCUT2D eigenvalue weighted by Gasteiger charge is -2.19. The van der Waals surface area contributed by atoms with Gasteiger partial charge in [0.1, 0.15) is 11.5 Å². The van der Waals surface area contributed by atoms with Crippen LogP contribution in [0.5, 0.6) is 28.7 Å². The van der Waals surface area contributed by atoms with Crippen LogP contribution in [0.2, 0.25) is 0 Å². The van der Waals surface area contributed by atoms with Crippen molar-refractivity contribution in [3.8, 4) is 40.1 Å². The van der Waals surface area contributed by atoms with Crippen molar-refractivity contribution in [2.45, 2.75) is 253 Å². The van der Waals surface area contributed by atoms with Crippen molar-refractivity contribution < 1.29 is 23.7 Å². The van der Waals surface area contributed by atoms with Gasteiger partial charge in [-0.05, 0) is 67.5 Å². The Balaban J connectivity index is 1.62. The molecule has 4 N–H and O–H groups in total. The third kappa shape index (κ3) is 29.2. The molecule has 0 spiro atoms. The highest BCUT2D eigenvalue weighted by Crippen LogP contribution is 2.41. The predicted molar refractivity (Wildman–Crippen MR) is 338 cm³/mol. The van der Waals surface area contributed by atoms with Crippen molar-refractivity contribution in [2.24, 2.45) is 0 Å². The van der Waals surface area contributed by atoms with Gasteiger partial charge in [-0.3, -0.25) is 0 Å². The number of unbranched alkanes of at least 4 members (excludes halogenated alkanes) is 29. The van der Waals surface area contributed by atoms with E-state index in [-0.39, 0.29) is 11.9 Å². The Kier molecular flexibility index (Phi) is 36.5. The van der Waals surface area contributed by atoms with Crippen LogP contribution in [-0.4, -0.2) is 48.0 Å². The molecule has 0 aliphatic heterocycles. The fourth-order valence-corrected chi connectivity index (χ4v) is 9.77. The van der Waals surface area contributed by atoms with Crippen LogP contribution in [0.15, 0.2) is 48.5 Å². The van der Waals surface area contributed by atoms with E-state index < -0.39 is 0 Å². The molecule has 0 amide bonds. The van der Waals surface area contributed by atoms with Crippen LogP contribution >= 0.6 is 0 Å². The molecule has 0 aliphatic carbocycles. The Hall–Kier alpha value is -5.25. The fourth-order valence-electron chi connectivity index (χ4n) is 9.77. The zero-order valence-corrected chi connectivity index (χ0v) is 50.5. The first-order valence-electron chi connectivity index (χ1n) is 32.1. The maximum Gasteiger partial charge on any atom is 0.225 e. The van der Waals surface area contributed by atoms with Gasteiger partial charge in [-0.1, -0.05) is 269 Å². The van der Waals surface area contributed by atoms with E-state index in [1.807, 2.05) is 24.3 Å². The molecule has 0 saturated carbocycles. The topological polar surface area (TPSA) is 137 Å². The van der Waals surface area contributed by atoms with Gasteiger partial charge in [0.05, 0.1) is 33.0 Å². The van der Waals surface area contributed by atoms with Crippen molar-refractivity contribution in [3.05, 3.63) is 70.8 Å². The first-order valence-corrected chi connectivity index (χ1v) is 32.1. The van der Waals surface area contributed by atoms with Gasteiger partial charge in [0.2, 0.25) is 17.6 Å². The molecule has 0 bridgehead atoms. The standard InChI is InChI=1S/C69H109N5O5/c1-6-11-16-19-22-25-28-31-34-37-50-77-64-53-58(54-65(78-51-38-35-32-29-26-23-20-17-12-7-2)66(64)79-52-39-36-33-30-27-24-21-18-13-8-3)43-47-61-56-62(75-48-14-9-4)60(55-63(61)76-49-15-10-5)46-42-57-40-44-59(45-41-57)67-72-68(70)74-69(71)73-67/h40-47,53-56H,6-39,48-52H2,1-5H3,(H4,70,71,72,73,74)/b46-42+,47-43+. The van der Waals surface area contributed by atoms with Gasteiger partial charge in [-0.15, -0.1) is 0 Å². The Morgan fingerprint density at radius 2 is 0.633 bits per heavy atom. The third-order valence-corrected chi connectivity index (χ3v) is 14.7. The summed E-state index contributed by atoms with van der Waals surface area (Å²) in [6.07, 6.45) is 50.9. The van der Waals surface area contributed by atoms with E-state index in [1.165, 1.54) is 173 Å². The number of nitrogen functional groups attached to an aromatic ring is 2. The van der Waals surface area contributed by atoms with Gasteiger partial charge in [-0.25, -0.2) is 0 Å². The SMILES string of the molecule is CCCCCCCCCCCCOc1cc(/C=C/c2cc(OCCCC)c(/C=C/c3ccc(-c4nc(N)nc(N)n4)cc3)cc2OCCCC)cc(OCCCCCCCCCCCC)c1OCCCCCCCCCCCC. The van der Waals surface area contributed by atoms with Gasteiger partial charge in [0.15, 0.2) is 17.3 Å². The van der Waals surface area contributed by atoms with Gasteiger partial charge in [0.25, 0.3) is 0 Å². The minimum absolute atomic E-state index is 0.0945. The van der Waals surface area contributed by atoms with Crippen LogP contribution in [0.3, 0.4) is 0 Å². The lowest BCUT2D eigenvalue weighted by Crippen LogP contribution is -2.07. The zero-order valence-electron chi connectivity index (χ0n) is 50.5. The average Bonchev–Trinajstić information content (AvgIpc) is 3.48. The molecule has 3 aromatic carbocycles. The largest absolute Gasteiger partial charge is 0.493 e. The molecular weight excluding hydrogens is 979 g/mol. The summed E-state index contributed by atoms with van der Waals surface area (Å²) < 4.78 is 33.4. The maximum absolute atomic E-state index is 6.77. The molecule has 4 aromatic rings. The zero-order chi connectivity index (χ0) is 56.2. The number of anilines is 2. The minimum atomic E-state index is 0.0945. The van der Waals surface area contributed by atoms with Crippen LogP contribution in [0.1, 0.15) is 275 Å². The van der Waals surface area contributed by atoms with Crippen LogP contribution in [-0.2, 0) is 0 Å². The van der Waals surface area contributed by atoms with Gasteiger partial charge >= 0.3 is 0 Å². The summed E-state index contributed by atoms with van der Waals surface area (Å²) in [6.45, 7) is 14.4.